The molecule has 0 radical (unpaired) electrons. The molecule has 2 rings (SSSR count). The second kappa shape index (κ2) is 2.76. The van der Waals surface area contributed by atoms with Crippen LogP contribution < -0.4 is 0 Å². The monoisotopic (exact) mass is 156 g/mol. The van der Waals surface area contributed by atoms with Gasteiger partial charge in [0, 0.05) is 0 Å². The molecule has 2 nitrogen and oxygen atoms in total. The third-order valence-corrected chi connectivity index (χ3v) is 3.55. The minimum Gasteiger partial charge on any atom is -0.252 e. The van der Waals surface area contributed by atoms with Crippen LogP contribution in [0.3, 0.4) is 0 Å². The summed E-state index contributed by atoms with van der Waals surface area (Å²) < 4.78 is 0. The lowest BCUT2D eigenvalue weighted by Crippen LogP contribution is -2.44. The van der Waals surface area contributed by atoms with Gasteiger partial charge in [0.1, 0.15) is 0 Å². The molecule has 1 atom stereocenters. The topological polar surface area (TPSA) is 29.5 Å². The highest BCUT2D eigenvalue weighted by atomic mass is 17.1. The van der Waals surface area contributed by atoms with Crippen molar-refractivity contribution < 1.29 is 10.1 Å². The van der Waals surface area contributed by atoms with E-state index in [4.69, 9.17) is 5.26 Å². The van der Waals surface area contributed by atoms with Crippen LogP contribution in [0.25, 0.3) is 0 Å². The van der Waals surface area contributed by atoms with E-state index in [9.17, 15) is 0 Å². The Morgan fingerprint density at radius 1 is 1.09 bits per heavy atom. The number of hydrogen-bond acceptors (Lipinski definition) is 2. The maximum Gasteiger partial charge on any atom is 0.0983 e. The predicted octanol–water partition coefficient (Wildman–Crippen LogP) is 2.59. The molecule has 0 aromatic rings. The maximum atomic E-state index is 8.69. The molecule has 0 saturated heterocycles. The fourth-order valence-corrected chi connectivity index (χ4v) is 2.64. The molecule has 0 aromatic heterocycles. The van der Waals surface area contributed by atoms with Crippen molar-refractivity contribution in [3.8, 4) is 0 Å². The van der Waals surface area contributed by atoms with E-state index in [1.165, 1.54) is 38.5 Å². The summed E-state index contributed by atoms with van der Waals surface area (Å²) in [6.45, 7) is 0. The molecule has 1 spiro atoms. The molecule has 2 aliphatic carbocycles. The zero-order valence-electron chi connectivity index (χ0n) is 6.88. The Morgan fingerprint density at radius 3 is 2.27 bits per heavy atom. The molecule has 1 N–H and O–H groups in total. The Bertz CT molecular complexity index is 140. The zero-order chi connectivity index (χ0) is 7.73. The summed E-state index contributed by atoms with van der Waals surface area (Å²) in [5.41, 5.74) is 0.396. The lowest BCUT2D eigenvalue weighted by Gasteiger charge is -2.48. The van der Waals surface area contributed by atoms with E-state index in [1.807, 2.05) is 0 Å². The second-order valence-electron chi connectivity index (χ2n) is 4.06. The van der Waals surface area contributed by atoms with E-state index >= 15 is 0 Å². The summed E-state index contributed by atoms with van der Waals surface area (Å²) in [6, 6.07) is 0. The Hall–Kier alpha value is -0.0800. The van der Waals surface area contributed by atoms with Crippen LogP contribution in [0.15, 0.2) is 0 Å². The molecular formula is C9H16O2. The van der Waals surface area contributed by atoms with Gasteiger partial charge in [-0.15, -0.1) is 0 Å². The molecule has 0 heterocycles. The summed E-state index contributed by atoms with van der Waals surface area (Å²) in [7, 11) is 0. The van der Waals surface area contributed by atoms with Gasteiger partial charge in [0.2, 0.25) is 0 Å². The lowest BCUT2D eigenvalue weighted by atomic mass is 9.59. The SMILES string of the molecule is OOC1CCCCC12CCC2. The van der Waals surface area contributed by atoms with Gasteiger partial charge in [0.05, 0.1) is 6.10 Å². The summed E-state index contributed by atoms with van der Waals surface area (Å²) in [5, 5.41) is 8.69. The minimum absolute atomic E-state index is 0.157. The van der Waals surface area contributed by atoms with E-state index in [1.54, 1.807) is 0 Å². The highest BCUT2D eigenvalue weighted by Gasteiger charge is 2.46. The Balaban J connectivity index is 2.02. The van der Waals surface area contributed by atoms with Crippen LogP contribution in [-0.2, 0) is 4.89 Å². The van der Waals surface area contributed by atoms with Crippen molar-refractivity contribution in [1.82, 2.24) is 0 Å². The van der Waals surface area contributed by atoms with Crippen molar-refractivity contribution in [1.29, 1.82) is 0 Å². The first kappa shape index (κ1) is 7.56. The summed E-state index contributed by atoms with van der Waals surface area (Å²) in [6.07, 6.45) is 8.95. The van der Waals surface area contributed by atoms with Crippen molar-refractivity contribution in [3.05, 3.63) is 0 Å². The fraction of sp³-hybridized carbons (Fsp3) is 1.00. The summed E-state index contributed by atoms with van der Waals surface area (Å²) in [5.74, 6) is 0. The largest absolute Gasteiger partial charge is 0.252 e. The molecule has 64 valence electrons. The summed E-state index contributed by atoms with van der Waals surface area (Å²) in [4.78, 5) is 4.55. The Morgan fingerprint density at radius 2 is 1.82 bits per heavy atom. The normalized spacial score (nSPS) is 35.2. The third-order valence-electron chi connectivity index (χ3n) is 3.55. The predicted molar refractivity (Wildman–Crippen MR) is 42.3 cm³/mol. The van der Waals surface area contributed by atoms with E-state index in [-0.39, 0.29) is 6.10 Å². The highest BCUT2D eigenvalue weighted by molar-refractivity contribution is 4.96. The van der Waals surface area contributed by atoms with Crippen molar-refractivity contribution in [2.75, 3.05) is 0 Å². The molecule has 0 aliphatic heterocycles. The molecule has 11 heavy (non-hydrogen) atoms. The van der Waals surface area contributed by atoms with E-state index in [0.29, 0.717) is 5.41 Å². The molecule has 2 saturated carbocycles. The molecule has 0 amide bonds. The molecular weight excluding hydrogens is 140 g/mol. The van der Waals surface area contributed by atoms with Crippen molar-refractivity contribution in [2.45, 2.75) is 51.0 Å². The fourth-order valence-electron chi connectivity index (χ4n) is 2.64. The van der Waals surface area contributed by atoms with Gasteiger partial charge in [0.25, 0.3) is 0 Å². The molecule has 0 aromatic carbocycles. The Kier molecular flexibility index (Phi) is 1.90. The third kappa shape index (κ3) is 1.09. The number of rotatable bonds is 1. The van der Waals surface area contributed by atoms with E-state index < -0.39 is 0 Å². The Labute approximate surface area is 67.5 Å². The smallest absolute Gasteiger partial charge is 0.0983 e. The van der Waals surface area contributed by atoms with Crippen molar-refractivity contribution >= 4 is 0 Å². The average molecular weight is 156 g/mol. The van der Waals surface area contributed by atoms with Crippen LogP contribution in [0.2, 0.25) is 0 Å². The van der Waals surface area contributed by atoms with Crippen molar-refractivity contribution in [3.63, 3.8) is 0 Å². The van der Waals surface area contributed by atoms with E-state index in [0.717, 1.165) is 6.42 Å². The van der Waals surface area contributed by atoms with Crippen LogP contribution in [0.5, 0.6) is 0 Å². The minimum atomic E-state index is 0.157. The van der Waals surface area contributed by atoms with Crippen LogP contribution in [0.1, 0.15) is 44.9 Å². The van der Waals surface area contributed by atoms with Gasteiger partial charge in [-0.05, 0) is 31.1 Å². The van der Waals surface area contributed by atoms with Crippen LogP contribution in [0, 0.1) is 5.41 Å². The lowest BCUT2D eigenvalue weighted by molar-refractivity contribution is -0.320. The van der Waals surface area contributed by atoms with Gasteiger partial charge in [0.15, 0.2) is 0 Å². The van der Waals surface area contributed by atoms with Crippen LogP contribution >= 0.6 is 0 Å². The molecule has 1 unspecified atom stereocenters. The standard InChI is InChI=1S/C9H16O2/c10-11-8-4-1-2-5-9(8)6-3-7-9/h8,10H,1-7H2. The quantitative estimate of drug-likeness (QED) is 0.467. The van der Waals surface area contributed by atoms with Gasteiger partial charge in [-0.1, -0.05) is 19.3 Å². The second-order valence-corrected chi connectivity index (χ2v) is 4.06. The highest BCUT2D eigenvalue weighted by Crippen LogP contribution is 2.52. The average Bonchev–Trinajstić information content (AvgIpc) is 2.01. The van der Waals surface area contributed by atoms with E-state index in [2.05, 4.69) is 4.89 Å². The van der Waals surface area contributed by atoms with Gasteiger partial charge in [-0.3, -0.25) is 5.26 Å². The summed E-state index contributed by atoms with van der Waals surface area (Å²) >= 11 is 0. The first-order chi connectivity index (χ1) is 5.37. The first-order valence-corrected chi connectivity index (χ1v) is 4.68. The van der Waals surface area contributed by atoms with Crippen molar-refractivity contribution in [2.24, 2.45) is 5.41 Å². The zero-order valence-corrected chi connectivity index (χ0v) is 6.88. The molecule has 2 fully saturated rings. The first-order valence-electron chi connectivity index (χ1n) is 4.68. The molecule has 2 aliphatic rings. The van der Waals surface area contributed by atoms with Gasteiger partial charge in [-0.2, -0.15) is 0 Å². The van der Waals surface area contributed by atoms with Gasteiger partial charge >= 0.3 is 0 Å². The van der Waals surface area contributed by atoms with Crippen LogP contribution in [-0.4, -0.2) is 11.4 Å². The van der Waals surface area contributed by atoms with Crippen LogP contribution in [0.4, 0.5) is 0 Å². The van der Waals surface area contributed by atoms with Gasteiger partial charge < -0.3 is 0 Å². The van der Waals surface area contributed by atoms with Gasteiger partial charge in [-0.25, -0.2) is 4.89 Å². The maximum absolute atomic E-state index is 8.69. The number of hydrogen-bond donors (Lipinski definition) is 1. The molecule has 0 bridgehead atoms. The molecule has 2 heteroatoms.